The van der Waals surface area contributed by atoms with E-state index in [-0.39, 0.29) is 18.8 Å². The maximum Gasteiger partial charge on any atom is 0.484 e. The monoisotopic (exact) mass is 369 g/mol. The molecule has 128 valence electrons. The lowest BCUT2D eigenvalue weighted by Gasteiger charge is -2.29. The van der Waals surface area contributed by atoms with Gasteiger partial charge in [-0.15, -0.1) is 0 Å². The van der Waals surface area contributed by atoms with Crippen molar-refractivity contribution >= 4 is 21.5 Å². The molecule has 4 N–H and O–H groups in total. The van der Waals surface area contributed by atoms with Crippen molar-refractivity contribution in [3.8, 4) is 0 Å². The molecule has 3 rings (SSSR count). The van der Waals surface area contributed by atoms with Crippen LogP contribution in [-0.4, -0.2) is 38.2 Å². The predicted octanol–water partition coefficient (Wildman–Crippen LogP) is -0.254. The summed E-state index contributed by atoms with van der Waals surface area (Å²) in [5.74, 6) is 0.0563. The van der Waals surface area contributed by atoms with Gasteiger partial charge >= 0.3 is 21.3 Å². The molecule has 12 nitrogen and oxygen atoms in total. The Morgan fingerprint density at radius 1 is 1.48 bits per heavy atom. The van der Waals surface area contributed by atoms with E-state index < -0.39 is 39.8 Å². The van der Waals surface area contributed by atoms with Crippen molar-refractivity contribution in [2.24, 2.45) is 0 Å². The molecule has 0 aliphatic carbocycles. The third-order valence-electron chi connectivity index (χ3n) is 3.21. The van der Waals surface area contributed by atoms with Crippen LogP contribution in [0, 0.1) is 0 Å². The molecule has 2 saturated heterocycles. The molecular weight excluding hydrogens is 356 g/mol. The highest BCUT2D eigenvalue weighted by Gasteiger charge is 2.50. The van der Waals surface area contributed by atoms with E-state index >= 15 is 0 Å². The van der Waals surface area contributed by atoms with Crippen molar-refractivity contribution in [3.05, 3.63) is 22.7 Å². The van der Waals surface area contributed by atoms with Crippen LogP contribution in [0.4, 0.5) is 5.82 Å². The fraction of sp³-hybridized carbons (Fsp3) is 0.556. The van der Waals surface area contributed by atoms with Gasteiger partial charge in [-0.05, 0) is 6.07 Å². The van der Waals surface area contributed by atoms with Crippen LogP contribution in [0.25, 0.3) is 0 Å². The van der Waals surface area contributed by atoms with Crippen LogP contribution in [0.1, 0.15) is 12.6 Å². The van der Waals surface area contributed by atoms with E-state index in [9.17, 15) is 13.9 Å². The Morgan fingerprint density at radius 2 is 2.22 bits per heavy atom. The number of nitrogens with two attached hydrogens (primary N) is 1. The Bertz CT molecular complexity index is 761. The van der Waals surface area contributed by atoms with Crippen molar-refractivity contribution in [1.82, 2.24) is 9.55 Å². The first kappa shape index (κ1) is 16.7. The summed E-state index contributed by atoms with van der Waals surface area (Å²) in [7, 11) is -9.46. The van der Waals surface area contributed by atoms with E-state index in [1.807, 2.05) is 0 Å². The normalized spacial score (nSPS) is 34.3. The molecule has 23 heavy (non-hydrogen) atoms. The lowest BCUT2D eigenvalue weighted by Crippen LogP contribution is -2.33. The molecule has 4 atom stereocenters. The first-order chi connectivity index (χ1) is 10.7. The minimum Gasteiger partial charge on any atom is -0.383 e. The predicted molar refractivity (Wildman–Crippen MR) is 73.0 cm³/mol. The molecule has 0 radical (unpaired) electrons. The van der Waals surface area contributed by atoms with Crippen LogP contribution >= 0.6 is 15.6 Å². The number of nitrogens with zero attached hydrogens (tertiary/aromatic N) is 2. The summed E-state index contributed by atoms with van der Waals surface area (Å²) in [6, 6.07) is 1.41. The number of nitrogen functional groups attached to an aromatic ring is 1. The molecule has 2 aliphatic rings. The standard InChI is InChI=1S/C9H13N3O9P2/c10-7-1-2-12(9(13)11-7)8-3-5-6(19-8)4-18-23(17,20-5)21-22(14,15)16/h1-2,5-6,8H,3-4H2,(H2,10,11,13)(H2,14,15,16)/t5-,6+,8+,23?/m0/s1. The highest BCUT2D eigenvalue weighted by Crippen LogP contribution is 2.64. The van der Waals surface area contributed by atoms with E-state index in [0.29, 0.717) is 0 Å². The Kier molecular flexibility index (Phi) is 4.20. The number of hydrogen-bond acceptors (Lipinski definition) is 9. The first-order valence-electron chi connectivity index (χ1n) is 6.35. The number of ether oxygens (including phenoxy) is 1. The van der Waals surface area contributed by atoms with Gasteiger partial charge in [0.05, 0.1) is 6.61 Å². The van der Waals surface area contributed by atoms with Gasteiger partial charge in [-0.25, -0.2) is 13.9 Å². The minimum absolute atomic E-state index is 0.0563. The highest BCUT2D eigenvalue weighted by atomic mass is 31.3. The Labute approximate surface area is 129 Å². The molecule has 1 aromatic rings. The molecule has 0 spiro atoms. The third-order valence-corrected chi connectivity index (χ3v) is 5.86. The van der Waals surface area contributed by atoms with Crippen molar-refractivity contribution in [2.45, 2.75) is 24.9 Å². The first-order valence-corrected chi connectivity index (χ1v) is 9.34. The molecule has 3 heterocycles. The fourth-order valence-corrected chi connectivity index (χ4v) is 4.64. The van der Waals surface area contributed by atoms with E-state index in [1.54, 1.807) is 0 Å². The topological polar surface area (TPSA) is 172 Å². The molecule has 0 aromatic carbocycles. The lowest BCUT2D eigenvalue weighted by molar-refractivity contribution is -0.0675. The quantitative estimate of drug-likeness (QED) is 0.599. The summed E-state index contributed by atoms with van der Waals surface area (Å²) >= 11 is 0. The molecule has 0 amide bonds. The zero-order valence-corrected chi connectivity index (χ0v) is 13.2. The second-order valence-corrected chi connectivity index (χ2v) is 7.86. The Balaban J connectivity index is 1.76. The van der Waals surface area contributed by atoms with Crippen LogP contribution in [-0.2, 0) is 27.2 Å². The molecule has 0 saturated carbocycles. The summed E-state index contributed by atoms with van der Waals surface area (Å²) < 4.78 is 43.4. The van der Waals surface area contributed by atoms with Gasteiger partial charge in [-0.2, -0.15) is 9.29 Å². The molecular formula is C9H13N3O9P2. The maximum atomic E-state index is 12.0. The van der Waals surface area contributed by atoms with Gasteiger partial charge in [0.2, 0.25) is 0 Å². The zero-order chi connectivity index (χ0) is 16.8. The summed E-state index contributed by atoms with van der Waals surface area (Å²) in [6.07, 6.45) is -0.786. The average Bonchev–Trinajstić information content (AvgIpc) is 2.78. The van der Waals surface area contributed by atoms with Gasteiger partial charge in [0, 0.05) is 12.6 Å². The second kappa shape index (κ2) is 5.76. The smallest absolute Gasteiger partial charge is 0.383 e. The number of hydrogen-bond donors (Lipinski definition) is 3. The SMILES string of the molecule is Nc1ccn([C@H]2C[C@@H]3OP(=O)(OP(=O)(O)O)OC[C@H]3O2)c(=O)n1. The van der Waals surface area contributed by atoms with Gasteiger partial charge in [0.15, 0.2) is 0 Å². The molecule has 1 unspecified atom stereocenters. The van der Waals surface area contributed by atoms with Crippen molar-refractivity contribution in [2.75, 3.05) is 12.3 Å². The van der Waals surface area contributed by atoms with Crippen molar-refractivity contribution in [1.29, 1.82) is 0 Å². The number of anilines is 1. The molecule has 14 heteroatoms. The number of aromatic nitrogens is 2. The molecule has 2 aliphatic heterocycles. The molecule has 2 fully saturated rings. The number of rotatable bonds is 3. The minimum atomic E-state index is -5.06. The second-order valence-electron chi connectivity index (χ2n) is 4.87. The van der Waals surface area contributed by atoms with Gasteiger partial charge < -0.3 is 20.3 Å². The number of phosphoric acid groups is 2. The van der Waals surface area contributed by atoms with Crippen LogP contribution in [0.5, 0.6) is 0 Å². The van der Waals surface area contributed by atoms with E-state index in [2.05, 4.69) is 9.29 Å². The van der Waals surface area contributed by atoms with Gasteiger partial charge in [-0.1, -0.05) is 0 Å². The maximum absolute atomic E-state index is 12.0. The van der Waals surface area contributed by atoms with Gasteiger partial charge in [0.25, 0.3) is 0 Å². The summed E-state index contributed by atoms with van der Waals surface area (Å²) in [5.41, 5.74) is 4.77. The van der Waals surface area contributed by atoms with E-state index in [1.165, 1.54) is 16.8 Å². The molecule has 0 bridgehead atoms. The summed E-state index contributed by atoms with van der Waals surface area (Å²) in [4.78, 5) is 32.8. The van der Waals surface area contributed by atoms with Crippen LogP contribution < -0.4 is 11.4 Å². The van der Waals surface area contributed by atoms with Crippen LogP contribution in [0.3, 0.4) is 0 Å². The zero-order valence-electron chi connectivity index (χ0n) is 11.4. The summed E-state index contributed by atoms with van der Waals surface area (Å²) in [5, 5.41) is 0. The summed E-state index contributed by atoms with van der Waals surface area (Å²) in [6.45, 7) is -0.268. The number of phosphoric ester groups is 1. The number of fused-ring (bicyclic) bond motifs is 1. The highest BCUT2D eigenvalue weighted by molar-refractivity contribution is 7.61. The van der Waals surface area contributed by atoms with Crippen LogP contribution in [0.2, 0.25) is 0 Å². The van der Waals surface area contributed by atoms with E-state index in [0.717, 1.165) is 0 Å². The van der Waals surface area contributed by atoms with Crippen molar-refractivity contribution in [3.63, 3.8) is 0 Å². The fourth-order valence-electron chi connectivity index (χ4n) is 2.31. The van der Waals surface area contributed by atoms with Crippen molar-refractivity contribution < 1.29 is 37.0 Å². The Hall–Kier alpha value is -1.10. The largest absolute Gasteiger partial charge is 0.484 e. The Morgan fingerprint density at radius 3 is 2.87 bits per heavy atom. The third kappa shape index (κ3) is 3.70. The van der Waals surface area contributed by atoms with Crippen LogP contribution in [0.15, 0.2) is 17.1 Å². The molecule has 1 aromatic heterocycles. The average molecular weight is 369 g/mol. The van der Waals surface area contributed by atoms with Gasteiger partial charge in [-0.3, -0.25) is 13.6 Å². The van der Waals surface area contributed by atoms with Gasteiger partial charge in [0.1, 0.15) is 24.3 Å². The lowest BCUT2D eigenvalue weighted by atomic mass is 10.2. The van der Waals surface area contributed by atoms with E-state index in [4.69, 9.17) is 29.3 Å².